The van der Waals surface area contributed by atoms with Gasteiger partial charge >= 0.3 is 0 Å². The highest BCUT2D eigenvalue weighted by Crippen LogP contribution is 2.27. The minimum atomic E-state index is -0.100. The van der Waals surface area contributed by atoms with Gasteiger partial charge in [0.25, 0.3) is 0 Å². The van der Waals surface area contributed by atoms with Crippen molar-refractivity contribution in [2.24, 2.45) is 0 Å². The second-order valence-corrected chi connectivity index (χ2v) is 6.10. The molecule has 2 aromatic carbocycles. The summed E-state index contributed by atoms with van der Waals surface area (Å²) < 4.78 is 0. The number of para-hydroxylation sites is 1. The van der Waals surface area contributed by atoms with Gasteiger partial charge in [-0.1, -0.05) is 36.4 Å². The van der Waals surface area contributed by atoms with E-state index in [1.165, 1.54) is 0 Å². The van der Waals surface area contributed by atoms with E-state index in [9.17, 15) is 4.79 Å². The molecule has 0 aliphatic carbocycles. The van der Waals surface area contributed by atoms with Crippen molar-refractivity contribution in [3.05, 3.63) is 66.4 Å². The number of carbonyl (C=O) groups is 1. The van der Waals surface area contributed by atoms with Crippen molar-refractivity contribution in [2.45, 2.75) is 17.1 Å². The fourth-order valence-corrected chi connectivity index (χ4v) is 3.21. The quantitative estimate of drug-likeness (QED) is 0.563. The van der Waals surface area contributed by atoms with E-state index < -0.39 is 0 Å². The number of aromatic nitrogens is 1. The molecule has 1 N–H and O–H groups in total. The number of hydrogen-bond donors (Lipinski definition) is 1. The van der Waals surface area contributed by atoms with E-state index in [1.807, 2.05) is 67.7 Å². The monoisotopic (exact) mass is 281 g/mol. The fraction of sp³-hybridized carbons (Fsp3) is 0.118. The average Bonchev–Trinajstić information content (AvgIpc) is 2.91. The highest BCUT2D eigenvalue weighted by Gasteiger charge is 2.19. The van der Waals surface area contributed by atoms with Crippen LogP contribution in [0.4, 0.5) is 0 Å². The number of fused-ring (bicyclic) bond motifs is 1. The van der Waals surface area contributed by atoms with E-state index in [-0.39, 0.29) is 11.0 Å². The molecule has 0 radical (unpaired) electrons. The molecule has 0 aliphatic heterocycles. The topological polar surface area (TPSA) is 32.9 Å². The van der Waals surface area contributed by atoms with Gasteiger partial charge in [-0.25, -0.2) is 0 Å². The molecule has 0 spiro atoms. The first-order valence-corrected chi connectivity index (χ1v) is 7.46. The number of rotatable bonds is 4. The molecule has 0 saturated heterocycles. The summed E-state index contributed by atoms with van der Waals surface area (Å²) in [6.07, 6.45) is 1.81. The summed E-state index contributed by atoms with van der Waals surface area (Å²) in [5.74, 6) is 0.163. The van der Waals surface area contributed by atoms with Crippen LogP contribution in [0.2, 0.25) is 0 Å². The van der Waals surface area contributed by atoms with Crippen LogP contribution >= 0.6 is 11.8 Å². The molecule has 1 heterocycles. The molecule has 3 rings (SSSR count). The molecule has 1 atom stereocenters. The lowest BCUT2D eigenvalue weighted by atomic mass is 10.1. The van der Waals surface area contributed by atoms with Gasteiger partial charge < -0.3 is 4.98 Å². The van der Waals surface area contributed by atoms with Crippen LogP contribution in [-0.4, -0.2) is 16.0 Å². The maximum Gasteiger partial charge on any atom is 0.178 e. The molecule has 20 heavy (non-hydrogen) atoms. The first kappa shape index (κ1) is 13.0. The number of H-pyrrole nitrogens is 1. The largest absolute Gasteiger partial charge is 0.360 e. The third-order valence-electron chi connectivity index (χ3n) is 3.28. The zero-order valence-electron chi connectivity index (χ0n) is 11.2. The summed E-state index contributed by atoms with van der Waals surface area (Å²) in [6, 6.07) is 17.9. The van der Waals surface area contributed by atoms with E-state index in [0.717, 1.165) is 21.4 Å². The zero-order chi connectivity index (χ0) is 13.9. The summed E-state index contributed by atoms with van der Waals surface area (Å²) in [7, 11) is 0. The van der Waals surface area contributed by atoms with Gasteiger partial charge in [0, 0.05) is 27.6 Å². The number of benzene rings is 2. The molecule has 0 aliphatic rings. The van der Waals surface area contributed by atoms with Crippen molar-refractivity contribution in [2.75, 3.05) is 0 Å². The number of hydrogen-bond acceptors (Lipinski definition) is 2. The zero-order valence-corrected chi connectivity index (χ0v) is 12.0. The summed E-state index contributed by atoms with van der Waals surface area (Å²) in [4.78, 5) is 16.9. The molecule has 0 unspecified atom stereocenters. The van der Waals surface area contributed by atoms with E-state index >= 15 is 0 Å². The molecular formula is C17H15NOS. The van der Waals surface area contributed by atoms with Crippen LogP contribution in [0, 0.1) is 0 Å². The van der Waals surface area contributed by atoms with Crippen molar-refractivity contribution < 1.29 is 4.79 Å². The first-order valence-electron chi connectivity index (χ1n) is 6.58. The second kappa shape index (κ2) is 5.55. The van der Waals surface area contributed by atoms with Gasteiger partial charge in [-0.2, -0.15) is 0 Å². The van der Waals surface area contributed by atoms with Gasteiger partial charge in [0.2, 0.25) is 0 Å². The van der Waals surface area contributed by atoms with E-state index in [2.05, 4.69) is 4.98 Å². The maximum atomic E-state index is 12.6. The molecule has 0 amide bonds. The SMILES string of the molecule is C[C@H](Sc1ccccc1)C(=O)c1c[nH]c2ccccc12. The second-order valence-electron chi connectivity index (χ2n) is 4.69. The van der Waals surface area contributed by atoms with Gasteiger partial charge in [0.05, 0.1) is 5.25 Å². The third-order valence-corrected chi connectivity index (χ3v) is 4.39. The Morgan fingerprint density at radius 1 is 1.05 bits per heavy atom. The Labute approximate surface area is 122 Å². The van der Waals surface area contributed by atoms with Crippen molar-refractivity contribution in [3.8, 4) is 0 Å². The Bertz CT molecular complexity index is 733. The third kappa shape index (κ3) is 2.49. The van der Waals surface area contributed by atoms with Crippen LogP contribution in [0.1, 0.15) is 17.3 Å². The molecule has 3 heteroatoms. The lowest BCUT2D eigenvalue weighted by Gasteiger charge is -2.09. The summed E-state index contributed by atoms with van der Waals surface area (Å²) in [5, 5.41) is 0.898. The first-order chi connectivity index (χ1) is 9.75. The van der Waals surface area contributed by atoms with Gasteiger partial charge in [-0.3, -0.25) is 4.79 Å². The summed E-state index contributed by atoms with van der Waals surface area (Å²) in [6.45, 7) is 1.96. The molecule has 0 saturated carbocycles. The minimum Gasteiger partial charge on any atom is -0.360 e. The summed E-state index contributed by atoms with van der Waals surface area (Å²) in [5.41, 5.74) is 1.78. The Kier molecular flexibility index (Phi) is 3.61. The highest BCUT2D eigenvalue weighted by atomic mass is 32.2. The number of aromatic amines is 1. The Morgan fingerprint density at radius 2 is 1.75 bits per heavy atom. The van der Waals surface area contributed by atoms with Crippen LogP contribution in [0.15, 0.2) is 65.7 Å². The number of carbonyl (C=O) groups excluding carboxylic acids is 1. The highest BCUT2D eigenvalue weighted by molar-refractivity contribution is 8.00. The normalized spacial score (nSPS) is 12.4. The predicted octanol–water partition coefficient (Wildman–Crippen LogP) is 4.53. The standard InChI is InChI=1S/C17H15NOS/c1-12(20-13-7-3-2-4-8-13)17(19)15-11-18-16-10-6-5-9-14(15)16/h2-12,18H,1H3/t12-/m0/s1. The Hall–Kier alpha value is -2.00. The van der Waals surface area contributed by atoms with Crippen LogP contribution in [0.5, 0.6) is 0 Å². The van der Waals surface area contributed by atoms with Gasteiger partial charge in [-0.05, 0) is 25.1 Å². The van der Waals surface area contributed by atoms with Crippen molar-refractivity contribution in [1.29, 1.82) is 0 Å². The lowest BCUT2D eigenvalue weighted by molar-refractivity contribution is 0.0995. The molecule has 0 bridgehead atoms. The fourth-order valence-electron chi connectivity index (χ4n) is 2.25. The van der Waals surface area contributed by atoms with E-state index in [1.54, 1.807) is 11.8 Å². The summed E-state index contributed by atoms with van der Waals surface area (Å²) >= 11 is 1.60. The molecule has 1 aromatic heterocycles. The van der Waals surface area contributed by atoms with Crippen LogP contribution in [0.3, 0.4) is 0 Å². The number of Topliss-reactive ketones (excluding diaryl/α,β-unsaturated/α-hetero) is 1. The van der Waals surface area contributed by atoms with E-state index in [4.69, 9.17) is 0 Å². The average molecular weight is 281 g/mol. The Morgan fingerprint density at radius 3 is 2.55 bits per heavy atom. The van der Waals surface area contributed by atoms with Crippen molar-refractivity contribution >= 4 is 28.4 Å². The smallest absolute Gasteiger partial charge is 0.178 e. The van der Waals surface area contributed by atoms with Crippen LogP contribution in [-0.2, 0) is 0 Å². The van der Waals surface area contributed by atoms with Crippen LogP contribution < -0.4 is 0 Å². The van der Waals surface area contributed by atoms with Crippen molar-refractivity contribution in [1.82, 2.24) is 4.98 Å². The molecule has 2 nitrogen and oxygen atoms in total. The molecule has 0 fully saturated rings. The predicted molar refractivity (Wildman–Crippen MR) is 84.4 cm³/mol. The van der Waals surface area contributed by atoms with Crippen molar-refractivity contribution in [3.63, 3.8) is 0 Å². The number of ketones is 1. The number of thioether (sulfide) groups is 1. The molecular weight excluding hydrogens is 266 g/mol. The van der Waals surface area contributed by atoms with Gasteiger partial charge in [-0.15, -0.1) is 11.8 Å². The molecule has 100 valence electrons. The number of nitrogens with one attached hydrogen (secondary N) is 1. The van der Waals surface area contributed by atoms with Gasteiger partial charge in [0.15, 0.2) is 5.78 Å². The minimum absolute atomic E-state index is 0.100. The molecule has 3 aromatic rings. The van der Waals surface area contributed by atoms with Gasteiger partial charge in [0.1, 0.15) is 0 Å². The Balaban J connectivity index is 1.85. The lowest BCUT2D eigenvalue weighted by Crippen LogP contribution is -2.12. The van der Waals surface area contributed by atoms with E-state index in [0.29, 0.717) is 0 Å². The van der Waals surface area contributed by atoms with Crippen LogP contribution in [0.25, 0.3) is 10.9 Å². The maximum absolute atomic E-state index is 12.6.